The lowest BCUT2D eigenvalue weighted by Gasteiger charge is -2.08. The average molecular weight is 366 g/mol. The SMILES string of the molecule is CCCCOC(=O)c1ccc(NC(=O)c2cc(Cl)ccc2Cl)cc1. The predicted molar refractivity (Wildman–Crippen MR) is 96.0 cm³/mol. The fourth-order valence-corrected chi connectivity index (χ4v) is 2.33. The Balaban J connectivity index is 2.02. The number of esters is 1. The van der Waals surface area contributed by atoms with E-state index in [0.29, 0.717) is 27.9 Å². The highest BCUT2D eigenvalue weighted by Gasteiger charge is 2.12. The van der Waals surface area contributed by atoms with E-state index >= 15 is 0 Å². The maximum Gasteiger partial charge on any atom is 0.338 e. The molecule has 1 amide bonds. The highest BCUT2D eigenvalue weighted by atomic mass is 35.5. The highest BCUT2D eigenvalue weighted by Crippen LogP contribution is 2.22. The molecule has 0 saturated heterocycles. The van der Waals surface area contributed by atoms with Crippen LogP contribution in [0.25, 0.3) is 0 Å². The van der Waals surface area contributed by atoms with E-state index in [0.717, 1.165) is 12.8 Å². The quantitative estimate of drug-likeness (QED) is 0.565. The number of nitrogens with one attached hydrogen (secondary N) is 1. The number of unbranched alkanes of at least 4 members (excludes halogenated alkanes) is 1. The van der Waals surface area contributed by atoms with Gasteiger partial charge in [-0.3, -0.25) is 4.79 Å². The Labute approximate surface area is 150 Å². The highest BCUT2D eigenvalue weighted by molar-refractivity contribution is 6.36. The second kappa shape index (κ2) is 8.71. The smallest absolute Gasteiger partial charge is 0.338 e. The number of halogens is 2. The number of carbonyl (C=O) groups excluding carboxylic acids is 2. The summed E-state index contributed by atoms with van der Waals surface area (Å²) in [6, 6.07) is 11.1. The molecule has 2 rings (SSSR count). The van der Waals surface area contributed by atoms with E-state index in [-0.39, 0.29) is 17.4 Å². The Hall–Kier alpha value is -2.04. The lowest BCUT2D eigenvalue weighted by Crippen LogP contribution is -2.13. The van der Waals surface area contributed by atoms with Gasteiger partial charge in [-0.05, 0) is 48.9 Å². The molecule has 0 aliphatic rings. The predicted octanol–water partition coefficient (Wildman–Crippen LogP) is 5.20. The van der Waals surface area contributed by atoms with E-state index < -0.39 is 0 Å². The van der Waals surface area contributed by atoms with E-state index in [1.54, 1.807) is 36.4 Å². The zero-order chi connectivity index (χ0) is 17.5. The van der Waals surface area contributed by atoms with E-state index in [9.17, 15) is 9.59 Å². The van der Waals surface area contributed by atoms with Crippen LogP contribution in [-0.4, -0.2) is 18.5 Å². The number of hydrogen-bond acceptors (Lipinski definition) is 3. The van der Waals surface area contributed by atoms with Crippen LogP contribution in [0.2, 0.25) is 10.0 Å². The molecular weight excluding hydrogens is 349 g/mol. The van der Waals surface area contributed by atoms with Crippen molar-refractivity contribution in [3.63, 3.8) is 0 Å². The van der Waals surface area contributed by atoms with Gasteiger partial charge in [0, 0.05) is 10.7 Å². The van der Waals surface area contributed by atoms with Crippen LogP contribution < -0.4 is 5.32 Å². The van der Waals surface area contributed by atoms with E-state index in [2.05, 4.69) is 5.32 Å². The second-order valence-electron chi connectivity index (χ2n) is 5.15. The Bertz CT molecular complexity index is 730. The molecule has 0 unspecified atom stereocenters. The van der Waals surface area contributed by atoms with Crippen molar-refractivity contribution in [2.45, 2.75) is 19.8 Å². The topological polar surface area (TPSA) is 55.4 Å². The summed E-state index contributed by atoms with van der Waals surface area (Å²) in [4.78, 5) is 24.0. The standard InChI is InChI=1S/C18H17Cl2NO3/c1-2-3-10-24-18(23)12-4-7-14(8-5-12)21-17(22)15-11-13(19)6-9-16(15)20/h4-9,11H,2-3,10H2,1H3,(H,21,22). The molecule has 0 saturated carbocycles. The lowest BCUT2D eigenvalue weighted by molar-refractivity contribution is 0.0499. The first-order valence-corrected chi connectivity index (χ1v) is 8.30. The van der Waals surface area contributed by atoms with Gasteiger partial charge in [0.2, 0.25) is 0 Å². The molecule has 126 valence electrons. The third kappa shape index (κ3) is 4.98. The summed E-state index contributed by atoms with van der Waals surface area (Å²) in [5.74, 6) is -0.750. The van der Waals surface area contributed by atoms with Gasteiger partial charge in [-0.1, -0.05) is 36.5 Å². The molecule has 0 atom stereocenters. The number of hydrogen-bond donors (Lipinski definition) is 1. The van der Waals surface area contributed by atoms with Gasteiger partial charge in [-0.2, -0.15) is 0 Å². The number of benzene rings is 2. The fourth-order valence-electron chi connectivity index (χ4n) is 1.95. The molecule has 24 heavy (non-hydrogen) atoms. The van der Waals surface area contributed by atoms with Gasteiger partial charge in [-0.25, -0.2) is 4.79 Å². The zero-order valence-corrected chi connectivity index (χ0v) is 14.7. The molecule has 1 N–H and O–H groups in total. The molecule has 0 aromatic heterocycles. The van der Waals surface area contributed by atoms with Gasteiger partial charge in [0.25, 0.3) is 5.91 Å². The van der Waals surface area contributed by atoms with E-state index in [1.807, 2.05) is 6.92 Å². The summed E-state index contributed by atoms with van der Waals surface area (Å²) >= 11 is 11.9. The van der Waals surface area contributed by atoms with Crippen LogP contribution in [0.4, 0.5) is 5.69 Å². The summed E-state index contributed by atoms with van der Waals surface area (Å²) in [6.07, 6.45) is 1.80. The van der Waals surface area contributed by atoms with Crippen LogP contribution in [0, 0.1) is 0 Å². The summed E-state index contributed by atoms with van der Waals surface area (Å²) in [6.45, 7) is 2.43. The van der Waals surface area contributed by atoms with Crippen molar-refractivity contribution in [2.24, 2.45) is 0 Å². The molecule has 0 fully saturated rings. The molecule has 2 aromatic carbocycles. The van der Waals surface area contributed by atoms with Crippen LogP contribution in [0.5, 0.6) is 0 Å². The van der Waals surface area contributed by atoms with Gasteiger partial charge < -0.3 is 10.1 Å². The lowest BCUT2D eigenvalue weighted by atomic mass is 10.2. The third-order valence-electron chi connectivity index (χ3n) is 3.28. The normalized spacial score (nSPS) is 10.3. The first-order valence-electron chi connectivity index (χ1n) is 7.55. The summed E-state index contributed by atoms with van der Waals surface area (Å²) in [7, 11) is 0. The minimum absolute atomic E-state index is 0.284. The molecular formula is C18H17Cl2NO3. The van der Waals surface area contributed by atoms with E-state index in [4.69, 9.17) is 27.9 Å². The molecule has 6 heteroatoms. The van der Waals surface area contributed by atoms with Crippen molar-refractivity contribution in [3.05, 3.63) is 63.6 Å². The summed E-state index contributed by atoms with van der Waals surface area (Å²) in [5, 5.41) is 3.45. The Morgan fingerprint density at radius 1 is 1.08 bits per heavy atom. The molecule has 2 aromatic rings. The number of carbonyl (C=O) groups is 2. The third-order valence-corrected chi connectivity index (χ3v) is 3.85. The number of ether oxygens (including phenoxy) is 1. The molecule has 0 spiro atoms. The molecule has 0 aliphatic carbocycles. The number of rotatable bonds is 6. The maximum absolute atomic E-state index is 12.2. The van der Waals surface area contributed by atoms with Crippen molar-refractivity contribution >= 4 is 40.8 Å². The Morgan fingerprint density at radius 2 is 1.79 bits per heavy atom. The molecule has 4 nitrogen and oxygen atoms in total. The first kappa shape index (κ1) is 18.3. The van der Waals surface area contributed by atoms with Crippen LogP contribution >= 0.6 is 23.2 Å². The van der Waals surface area contributed by atoms with Crippen LogP contribution in [0.1, 0.15) is 40.5 Å². The molecule has 0 aliphatic heterocycles. The van der Waals surface area contributed by atoms with Crippen molar-refractivity contribution in [1.29, 1.82) is 0 Å². The maximum atomic E-state index is 12.2. The van der Waals surface area contributed by atoms with Crippen molar-refractivity contribution in [1.82, 2.24) is 0 Å². The monoisotopic (exact) mass is 365 g/mol. The van der Waals surface area contributed by atoms with Gasteiger partial charge >= 0.3 is 5.97 Å². The van der Waals surface area contributed by atoms with Crippen LogP contribution in [0.15, 0.2) is 42.5 Å². The fraction of sp³-hybridized carbons (Fsp3) is 0.222. The van der Waals surface area contributed by atoms with Crippen molar-refractivity contribution < 1.29 is 14.3 Å². The minimum Gasteiger partial charge on any atom is -0.462 e. The molecule has 0 radical (unpaired) electrons. The van der Waals surface area contributed by atoms with Crippen LogP contribution in [-0.2, 0) is 4.74 Å². The second-order valence-corrected chi connectivity index (χ2v) is 5.99. The number of amides is 1. The van der Waals surface area contributed by atoms with Crippen molar-refractivity contribution in [3.8, 4) is 0 Å². The van der Waals surface area contributed by atoms with Crippen LogP contribution in [0.3, 0.4) is 0 Å². The van der Waals surface area contributed by atoms with Gasteiger partial charge in [0.15, 0.2) is 0 Å². The Morgan fingerprint density at radius 3 is 2.46 bits per heavy atom. The molecule has 0 heterocycles. The van der Waals surface area contributed by atoms with Gasteiger partial charge in [0.05, 0.1) is 22.8 Å². The van der Waals surface area contributed by atoms with E-state index in [1.165, 1.54) is 6.07 Å². The van der Waals surface area contributed by atoms with Crippen molar-refractivity contribution in [2.75, 3.05) is 11.9 Å². The minimum atomic E-state index is -0.376. The summed E-state index contributed by atoms with van der Waals surface area (Å²) < 4.78 is 5.13. The zero-order valence-electron chi connectivity index (χ0n) is 13.1. The first-order chi connectivity index (χ1) is 11.5. The van der Waals surface area contributed by atoms with Gasteiger partial charge in [0.1, 0.15) is 0 Å². The summed E-state index contributed by atoms with van der Waals surface area (Å²) in [5.41, 5.74) is 1.26. The Kier molecular flexibility index (Phi) is 6.64. The average Bonchev–Trinajstić information content (AvgIpc) is 2.57. The largest absolute Gasteiger partial charge is 0.462 e. The molecule has 0 bridgehead atoms. The number of anilines is 1. The van der Waals surface area contributed by atoms with Gasteiger partial charge in [-0.15, -0.1) is 0 Å².